The first-order chi connectivity index (χ1) is 8.08. The van der Waals surface area contributed by atoms with Crippen LogP contribution in [0.25, 0.3) is 0 Å². The van der Waals surface area contributed by atoms with E-state index >= 15 is 0 Å². The zero-order valence-electron chi connectivity index (χ0n) is 10.9. The van der Waals surface area contributed by atoms with Gasteiger partial charge in [-0.05, 0) is 25.0 Å². The molecule has 17 heavy (non-hydrogen) atoms. The maximum Gasteiger partial charge on any atom is 0.125 e. The standard InChI is InChI=1S/C14H22BrNO/c1-4-11(5-2)9-17-14-8-12(15)6-7-13(14)10(3)16/h6-8,10-11H,4-5,9,16H2,1-3H3. The second-order valence-electron chi connectivity index (χ2n) is 4.46. The minimum Gasteiger partial charge on any atom is -0.493 e. The quantitative estimate of drug-likeness (QED) is 0.851. The molecule has 0 amide bonds. The summed E-state index contributed by atoms with van der Waals surface area (Å²) in [5, 5.41) is 0. The van der Waals surface area contributed by atoms with Crippen LogP contribution in [0, 0.1) is 5.92 Å². The molecule has 0 bridgehead atoms. The van der Waals surface area contributed by atoms with Crippen molar-refractivity contribution in [2.45, 2.75) is 39.7 Å². The molecule has 0 aliphatic carbocycles. The Labute approximate surface area is 113 Å². The molecule has 0 saturated heterocycles. The Morgan fingerprint density at radius 3 is 2.47 bits per heavy atom. The van der Waals surface area contributed by atoms with E-state index in [0.29, 0.717) is 5.92 Å². The highest BCUT2D eigenvalue weighted by Crippen LogP contribution is 2.28. The molecule has 0 aliphatic rings. The third-order valence-corrected chi connectivity index (χ3v) is 3.59. The molecule has 0 heterocycles. The minimum absolute atomic E-state index is 0.000182. The molecule has 1 aromatic rings. The summed E-state index contributed by atoms with van der Waals surface area (Å²) in [4.78, 5) is 0. The smallest absolute Gasteiger partial charge is 0.125 e. The topological polar surface area (TPSA) is 35.2 Å². The van der Waals surface area contributed by atoms with Crippen LogP contribution in [0.4, 0.5) is 0 Å². The molecule has 1 rings (SSSR count). The Hall–Kier alpha value is -0.540. The van der Waals surface area contributed by atoms with Crippen LogP contribution in [0.15, 0.2) is 22.7 Å². The first kappa shape index (κ1) is 14.5. The number of nitrogens with two attached hydrogens (primary N) is 1. The van der Waals surface area contributed by atoms with Gasteiger partial charge in [-0.15, -0.1) is 0 Å². The maximum atomic E-state index is 5.94. The Balaban J connectivity index is 2.78. The van der Waals surface area contributed by atoms with Gasteiger partial charge in [-0.1, -0.05) is 48.7 Å². The van der Waals surface area contributed by atoms with E-state index in [1.807, 2.05) is 25.1 Å². The monoisotopic (exact) mass is 299 g/mol. The fourth-order valence-electron chi connectivity index (χ4n) is 1.74. The molecular weight excluding hydrogens is 278 g/mol. The lowest BCUT2D eigenvalue weighted by molar-refractivity contribution is 0.238. The molecular formula is C14H22BrNO. The lowest BCUT2D eigenvalue weighted by atomic mass is 10.0. The fourth-order valence-corrected chi connectivity index (χ4v) is 2.08. The molecule has 0 spiro atoms. The third-order valence-electron chi connectivity index (χ3n) is 3.10. The summed E-state index contributed by atoms with van der Waals surface area (Å²) >= 11 is 3.47. The van der Waals surface area contributed by atoms with Crippen LogP contribution in [0.1, 0.15) is 45.2 Å². The molecule has 0 aromatic heterocycles. The third kappa shape index (κ3) is 4.32. The van der Waals surface area contributed by atoms with Gasteiger partial charge in [0.25, 0.3) is 0 Å². The summed E-state index contributed by atoms with van der Waals surface area (Å²) in [6.45, 7) is 7.15. The number of halogens is 1. The number of hydrogen-bond acceptors (Lipinski definition) is 2. The van der Waals surface area contributed by atoms with E-state index in [-0.39, 0.29) is 6.04 Å². The Morgan fingerprint density at radius 2 is 1.94 bits per heavy atom. The minimum atomic E-state index is -0.000182. The summed E-state index contributed by atoms with van der Waals surface area (Å²) < 4.78 is 6.94. The molecule has 0 radical (unpaired) electrons. The van der Waals surface area contributed by atoms with Crippen molar-refractivity contribution in [1.82, 2.24) is 0 Å². The van der Waals surface area contributed by atoms with Crippen LogP contribution in [0.5, 0.6) is 5.75 Å². The van der Waals surface area contributed by atoms with Gasteiger partial charge < -0.3 is 10.5 Å². The second-order valence-corrected chi connectivity index (χ2v) is 5.38. The lowest BCUT2D eigenvalue weighted by Gasteiger charge is -2.18. The van der Waals surface area contributed by atoms with E-state index < -0.39 is 0 Å². The zero-order valence-corrected chi connectivity index (χ0v) is 12.5. The van der Waals surface area contributed by atoms with E-state index in [1.165, 1.54) is 0 Å². The average molecular weight is 300 g/mol. The second kappa shape index (κ2) is 7.02. The van der Waals surface area contributed by atoms with E-state index in [1.54, 1.807) is 0 Å². The Bertz CT molecular complexity index is 348. The number of rotatable bonds is 6. The highest BCUT2D eigenvalue weighted by molar-refractivity contribution is 9.10. The fraction of sp³-hybridized carbons (Fsp3) is 0.571. The van der Waals surface area contributed by atoms with E-state index in [9.17, 15) is 0 Å². The molecule has 0 fully saturated rings. The molecule has 96 valence electrons. The molecule has 1 unspecified atom stereocenters. The van der Waals surface area contributed by atoms with Crippen LogP contribution >= 0.6 is 15.9 Å². The summed E-state index contributed by atoms with van der Waals surface area (Å²) in [7, 11) is 0. The Morgan fingerprint density at radius 1 is 1.29 bits per heavy atom. The molecule has 1 atom stereocenters. The molecule has 2 N–H and O–H groups in total. The molecule has 2 nitrogen and oxygen atoms in total. The van der Waals surface area contributed by atoms with Gasteiger partial charge >= 0.3 is 0 Å². The normalized spacial score (nSPS) is 12.8. The van der Waals surface area contributed by atoms with Gasteiger partial charge in [-0.2, -0.15) is 0 Å². The summed E-state index contributed by atoms with van der Waals surface area (Å²) in [6, 6.07) is 6.03. The van der Waals surface area contributed by atoms with Gasteiger partial charge in [0.2, 0.25) is 0 Å². The predicted molar refractivity (Wildman–Crippen MR) is 76.3 cm³/mol. The molecule has 3 heteroatoms. The summed E-state index contributed by atoms with van der Waals surface area (Å²) in [6.07, 6.45) is 2.30. The summed E-state index contributed by atoms with van der Waals surface area (Å²) in [5.41, 5.74) is 7.01. The summed E-state index contributed by atoms with van der Waals surface area (Å²) in [5.74, 6) is 1.52. The van der Waals surface area contributed by atoms with Crippen LogP contribution in [0.2, 0.25) is 0 Å². The van der Waals surface area contributed by atoms with Crippen molar-refractivity contribution < 1.29 is 4.74 Å². The molecule has 1 aromatic carbocycles. The first-order valence-corrected chi connectivity index (χ1v) is 7.05. The van der Waals surface area contributed by atoms with Gasteiger partial charge in [-0.3, -0.25) is 0 Å². The van der Waals surface area contributed by atoms with Crippen LogP contribution in [-0.2, 0) is 0 Å². The Kier molecular flexibility index (Phi) is 6.00. The lowest BCUT2D eigenvalue weighted by Crippen LogP contribution is -2.13. The number of ether oxygens (including phenoxy) is 1. The van der Waals surface area contributed by atoms with E-state index in [0.717, 1.165) is 35.2 Å². The SMILES string of the molecule is CCC(CC)COc1cc(Br)ccc1C(C)N. The van der Waals surface area contributed by atoms with Crippen molar-refractivity contribution in [3.8, 4) is 5.75 Å². The predicted octanol–water partition coefficient (Wildman–Crippen LogP) is 4.28. The van der Waals surface area contributed by atoms with E-state index in [2.05, 4.69) is 29.8 Å². The highest BCUT2D eigenvalue weighted by Gasteiger charge is 2.11. The first-order valence-electron chi connectivity index (χ1n) is 6.26. The van der Waals surface area contributed by atoms with Crippen molar-refractivity contribution in [2.24, 2.45) is 11.7 Å². The van der Waals surface area contributed by atoms with Crippen molar-refractivity contribution in [3.63, 3.8) is 0 Å². The van der Waals surface area contributed by atoms with Crippen molar-refractivity contribution in [3.05, 3.63) is 28.2 Å². The van der Waals surface area contributed by atoms with Crippen LogP contribution < -0.4 is 10.5 Å². The molecule has 0 aliphatic heterocycles. The van der Waals surface area contributed by atoms with Gasteiger partial charge in [0.05, 0.1) is 6.61 Å². The largest absolute Gasteiger partial charge is 0.493 e. The van der Waals surface area contributed by atoms with Gasteiger partial charge in [0.15, 0.2) is 0 Å². The highest BCUT2D eigenvalue weighted by atomic mass is 79.9. The van der Waals surface area contributed by atoms with Crippen molar-refractivity contribution in [1.29, 1.82) is 0 Å². The zero-order chi connectivity index (χ0) is 12.8. The van der Waals surface area contributed by atoms with Gasteiger partial charge in [-0.25, -0.2) is 0 Å². The number of benzene rings is 1. The van der Waals surface area contributed by atoms with Crippen LogP contribution in [0.3, 0.4) is 0 Å². The van der Waals surface area contributed by atoms with Crippen molar-refractivity contribution >= 4 is 15.9 Å². The molecule has 0 saturated carbocycles. The number of hydrogen-bond donors (Lipinski definition) is 1. The van der Waals surface area contributed by atoms with Crippen LogP contribution in [-0.4, -0.2) is 6.61 Å². The van der Waals surface area contributed by atoms with Gasteiger partial charge in [0, 0.05) is 16.1 Å². The maximum absolute atomic E-state index is 5.94. The average Bonchev–Trinajstić information content (AvgIpc) is 2.30. The van der Waals surface area contributed by atoms with Gasteiger partial charge in [0.1, 0.15) is 5.75 Å². The van der Waals surface area contributed by atoms with Crippen molar-refractivity contribution in [2.75, 3.05) is 6.61 Å². The van der Waals surface area contributed by atoms with E-state index in [4.69, 9.17) is 10.5 Å².